The van der Waals surface area contributed by atoms with Crippen LogP contribution in [0.2, 0.25) is 0 Å². The summed E-state index contributed by atoms with van der Waals surface area (Å²) in [6.07, 6.45) is 35.2. The fourth-order valence-corrected chi connectivity index (χ4v) is 7.25. The lowest BCUT2D eigenvalue weighted by Gasteiger charge is -2.39. The molecule has 0 aliphatic carbocycles. The van der Waals surface area contributed by atoms with E-state index in [9.17, 15) is 25.2 Å². The number of aliphatic hydroxyl groups is 4. The van der Waals surface area contributed by atoms with Gasteiger partial charge in [-0.2, -0.15) is 0 Å². The average Bonchev–Trinajstić information content (AvgIpc) is 3.18. The molecule has 0 amide bonds. The number of unbranched alkanes of at least 4 members (excludes halogenated alkanes) is 27. The Morgan fingerprint density at radius 1 is 0.564 bits per heavy atom. The van der Waals surface area contributed by atoms with Gasteiger partial charge < -0.3 is 39.4 Å². The van der Waals surface area contributed by atoms with Crippen molar-refractivity contribution in [2.75, 3.05) is 26.4 Å². The third-order valence-corrected chi connectivity index (χ3v) is 10.9. The molecule has 55 heavy (non-hydrogen) atoms. The SMILES string of the molecule is CCCCCCC/C=C\CCCCCCCC(=O)OC(COCCCCCCCCCCCCCCCCCCCC)COC1OC(CO)C(O)C(O)C1O. The lowest BCUT2D eigenvalue weighted by Crippen LogP contribution is -2.59. The van der Waals surface area contributed by atoms with Crippen molar-refractivity contribution in [3.63, 3.8) is 0 Å². The van der Waals surface area contributed by atoms with Gasteiger partial charge in [0, 0.05) is 13.0 Å². The summed E-state index contributed by atoms with van der Waals surface area (Å²) in [5.74, 6) is -0.318. The summed E-state index contributed by atoms with van der Waals surface area (Å²) in [5.41, 5.74) is 0. The van der Waals surface area contributed by atoms with Crippen molar-refractivity contribution in [2.45, 2.75) is 250 Å². The van der Waals surface area contributed by atoms with Crippen LogP contribution in [-0.2, 0) is 23.7 Å². The zero-order chi connectivity index (χ0) is 40.0. The Morgan fingerprint density at radius 2 is 1.00 bits per heavy atom. The van der Waals surface area contributed by atoms with Crippen LogP contribution in [0.3, 0.4) is 0 Å². The molecule has 0 saturated carbocycles. The fourth-order valence-electron chi connectivity index (χ4n) is 7.25. The second kappa shape index (κ2) is 38.4. The van der Waals surface area contributed by atoms with Crippen LogP contribution in [0.5, 0.6) is 0 Å². The standard InChI is InChI=1S/C46H88O9/c1-3-5-7-9-11-13-15-17-19-20-21-22-24-26-28-30-32-34-36-52-38-40(39-53-46-45(51)44(50)43(49)41(37-47)55-46)54-42(48)35-33-31-29-27-25-23-18-16-14-12-10-8-6-4-2/h16,18,40-41,43-47,49-51H,3-15,17,19-39H2,1-2H3/b18-16-. The Labute approximate surface area is 337 Å². The van der Waals surface area contributed by atoms with E-state index in [0.29, 0.717) is 13.0 Å². The molecule has 1 heterocycles. The van der Waals surface area contributed by atoms with Crippen molar-refractivity contribution in [2.24, 2.45) is 0 Å². The highest BCUT2D eigenvalue weighted by Crippen LogP contribution is 2.23. The van der Waals surface area contributed by atoms with Gasteiger partial charge in [0.25, 0.3) is 0 Å². The highest BCUT2D eigenvalue weighted by molar-refractivity contribution is 5.69. The number of allylic oxidation sites excluding steroid dienone is 2. The quantitative estimate of drug-likeness (QED) is 0.0272. The fraction of sp³-hybridized carbons (Fsp3) is 0.935. The molecule has 0 spiro atoms. The second-order valence-corrected chi connectivity index (χ2v) is 16.2. The van der Waals surface area contributed by atoms with Crippen LogP contribution in [0.4, 0.5) is 0 Å². The van der Waals surface area contributed by atoms with Gasteiger partial charge >= 0.3 is 5.97 Å². The Kier molecular flexibility index (Phi) is 36.3. The molecule has 1 aliphatic rings. The molecule has 9 nitrogen and oxygen atoms in total. The lowest BCUT2D eigenvalue weighted by molar-refractivity contribution is -0.305. The van der Waals surface area contributed by atoms with Gasteiger partial charge in [0.2, 0.25) is 0 Å². The van der Waals surface area contributed by atoms with Crippen LogP contribution in [0, 0.1) is 0 Å². The van der Waals surface area contributed by atoms with E-state index in [-0.39, 0.29) is 19.2 Å². The molecule has 0 bridgehead atoms. The molecule has 1 fully saturated rings. The van der Waals surface area contributed by atoms with Gasteiger partial charge in [-0.15, -0.1) is 0 Å². The maximum atomic E-state index is 12.8. The number of hydrogen-bond acceptors (Lipinski definition) is 9. The van der Waals surface area contributed by atoms with E-state index >= 15 is 0 Å². The summed E-state index contributed by atoms with van der Waals surface area (Å²) in [4.78, 5) is 12.8. The third-order valence-electron chi connectivity index (χ3n) is 10.9. The summed E-state index contributed by atoms with van der Waals surface area (Å²) in [5, 5.41) is 40.1. The molecule has 1 rings (SSSR count). The maximum Gasteiger partial charge on any atom is 0.306 e. The molecular formula is C46H88O9. The highest BCUT2D eigenvalue weighted by atomic mass is 16.7. The number of aliphatic hydroxyl groups excluding tert-OH is 4. The van der Waals surface area contributed by atoms with Crippen molar-refractivity contribution < 1.29 is 44.2 Å². The van der Waals surface area contributed by atoms with E-state index < -0.39 is 43.4 Å². The number of carbonyl (C=O) groups excluding carboxylic acids is 1. The molecule has 4 N–H and O–H groups in total. The first-order valence-corrected chi connectivity index (χ1v) is 23.3. The van der Waals surface area contributed by atoms with Crippen molar-refractivity contribution in [3.05, 3.63) is 12.2 Å². The number of carbonyl (C=O) groups is 1. The molecule has 6 atom stereocenters. The molecule has 326 valence electrons. The van der Waals surface area contributed by atoms with Crippen LogP contribution in [-0.4, -0.2) is 89.6 Å². The largest absolute Gasteiger partial charge is 0.457 e. The minimum absolute atomic E-state index is 0.111. The van der Waals surface area contributed by atoms with E-state index in [4.69, 9.17) is 18.9 Å². The van der Waals surface area contributed by atoms with Crippen molar-refractivity contribution in [1.82, 2.24) is 0 Å². The molecule has 1 aliphatic heterocycles. The predicted octanol–water partition coefficient (Wildman–Crippen LogP) is 10.4. The number of esters is 1. The smallest absolute Gasteiger partial charge is 0.306 e. The van der Waals surface area contributed by atoms with E-state index in [1.807, 2.05) is 0 Å². The summed E-state index contributed by atoms with van der Waals surface area (Å²) in [6.45, 7) is 4.58. The minimum atomic E-state index is -1.53. The average molecular weight is 785 g/mol. The summed E-state index contributed by atoms with van der Waals surface area (Å²) >= 11 is 0. The molecule has 1 saturated heterocycles. The van der Waals surface area contributed by atoms with Crippen molar-refractivity contribution in [3.8, 4) is 0 Å². The zero-order valence-corrected chi connectivity index (χ0v) is 35.7. The van der Waals surface area contributed by atoms with Crippen LogP contribution < -0.4 is 0 Å². The van der Waals surface area contributed by atoms with Gasteiger partial charge in [-0.3, -0.25) is 4.79 Å². The summed E-state index contributed by atoms with van der Waals surface area (Å²) in [6, 6.07) is 0. The summed E-state index contributed by atoms with van der Waals surface area (Å²) in [7, 11) is 0. The number of rotatable bonds is 40. The van der Waals surface area contributed by atoms with Crippen LogP contribution in [0.25, 0.3) is 0 Å². The predicted molar refractivity (Wildman–Crippen MR) is 224 cm³/mol. The van der Waals surface area contributed by atoms with Crippen LogP contribution >= 0.6 is 0 Å². The Bertz CT molecular complexity index is 853. The first-order valence-electron chi connectivity index (χ1n) is 23.3. The second-order valence-electron chi connectivity index (χ2n) is 16.2. The van der Waals surface area contributed by atoms with E-state index in [2.05, 4.69) is 26.0 Å². The molecule has 0 aromatic rings. The molecular weight excluding hydrogens is 696 g/mol. The normalized spacial score (nSPS) is 20.7. The first kappa shape index (κ1) is 51.9. The van der Waals surface area contributed by atoms with Crippen LogP contribution in [0.1, 0.15) is 213 Å². The van der Waals surface area contributed by atoms with E-state index in [1.165, 1.54) is 148 Å². The van der Waals surface area contributed by atoms with Crippen molar-refractivity contribution in [1.29, 1.82) is 0 Å². The van der Waals surface area contributed by atoms with Crippen LogP contribution in [0.15, 0.2) is 12.2 Å². The van der Waals surface area contributed by atoms with E-state index in [0.717, 1.165) is 44.9 Å². The van der Waals surface area contributed by atoms with E-state index in [1.54, 1.807) is 0 Å². The third kappa shape index (κ3) is 29.8. The number of hydrogen-bond donors (Lipinski definition) is 4. The highest BCUT2D eigenvalue weighted by Gasteiger charge is 2.44. The lowest BCUT2D eigenvalue weighted by atomic mass is 9.99. The van der Waals surface area contributed by atoms with Gasteiger partial charge in [0.1, 0.15) is 30.5 Å². The monoisotopic (exact) mass is 785 g/mol. The summed E-state index contributed by atoms with van der Waals surface area (Å²) < 4.78 is 22.8. The Balaban J connectivity index is 2.23. The van der Waals surface area contributed by atoms with Gasteiger partial charge in [0.05, 0.1) is 19.8 Å². The zero-order valence-electron chi connectivity index (χ0n) is 35.7. The molecule has 6 unspecified atom stereocenters. The Hall–Kier alpha value is -1.07. The molecule has 0 radical (unpaired) electrons. The topological polar surface area (TPSA) is 135 Å². The molecule has 0 aromatic carbocycles. The van der Waals surface area contributed by atoms with Gasteiger partial charge in [-0.1, -0.05) is 180 Å². The van der Waals surface area contributed by atoms with Gasteiger partial charge in [0.15, 0.2) is 6.29 Å². The maximum absolute atomic E-state index is 12.8. The van der Waals surface area contributed by atoms with Gasteiger partial charge in [-0.05, 0) is 38.5 Å². The van der Waals surface area contributed by atoms with Crippen molar-refractivity contribution >= 4 is 5.97 Å². The first-order chi connectivity index (χ1) is 26.9. The minimum Gasteiger partial charge on any atom is -0.457 e. The molecule has 0 aromatic heterocycles. The Morgan fingerprint density at radius 3 is 1.47 bits per heavy atom. The number of ether oxygens (including phenoxy) is 4. The molecule has 9 heteroatoms. The van der Waals surface area contributed by atoms with Gasteiger partial charge in [-0.25, -0.2) is 0 Å².